The first-order valence-electron chi connectivity index (χ1n) is 3.98. The van der Waals surface area contributed by atoms with Crippen LogP contribution in [0, 0.1) is 0 Å². The van der Waals surface area contributed by atoms with E-state index in [0.29, 0.717) is 0 Å². The molecule has 0 aromatic rings. The summed E-state index contributed by atoms with van der Waals surface area (Å²) in [4.78, 5) is 3.74. The Morgan fingerprint density at radius 1 is 1.45 bits per heavy atom. The van der Waals surface area contributed by atoms with Gasteiger partial charge in [0.25, 0.3) is 0 Å². The van der Waals surface area contributed by atoms with E-state index >= 15 is 0 Å². The van der Waals surface area contributed by atoms with E-state index in [1.807, 2.05) is 6.20 Å². The fraction of sp³-hybridized carbons (Fsp3) is 0.625. The average molecular weight is 154 g/mol. The molecule has 0 unspecified atom stereocenters. The molecule has 3 nitrogen and oxygen atoms in total. The summed E-state index contributed by atoms with van der Waals surface area (Å²) < 4.78 is 4.65. The van der Waals surface area contributed by atoms with Gasteiger partial charge in [-0.3, -0.25) is 4.99 Å². The van der Waals surface area contributed by atoms with E-state index in [0.717, 1.165) is 19.7 Å². The van der Waals surface area contributed by atoms with Crippen LogP contribution in [0.1, 0.15) is 12.8 Å². The molecule has 0 aromatic heterocycles. The van der Waals surface area contributed by atoms with Crippen LogP contribution in [0.3, 0.4) is 0 Å². The molecule has 2 rings (SSSR count). The van der Waals surface area contributed by atoms with Crippen molar-refractivity contribution in [3.63, 3.8) is 0 Å². The molecule has 2 heterocycles. The van der Waals surface area contributed by atoms with Crippen LogP contribution in [0.5, 0.6) is 0 Å². The maximum absolute atomic E-state index is 4.65. The topological polar surface area (TPSA) is 33.6 Å². The minimum atomic E-state index is 0.778. The lowest BCUT2D eigenvalue weighted by atomic mass is 10.2. The van der Waals surface area contributed by atoms with Crippen LogP contribution in [0.25, 0.3) is 0 Å². The van der Waals surface area contributed by atoms with E-state index in [4.69, 9.17) is 0 Å². The number of nitrogens with zero attached hydrogens (tertiary/aromatic N) is 1. The van der Waals surface area contributed by atoms with Crippen molar-refractivity contribution in [1.82, 2.24) is 5.32 Å². The molecule has 2 aliphatic rings. The summed E-state index contributed by atoms with van der Waals surface area (Å²) in [7, 11) is 0. The third-order valence-electron chi connectivity index (χ3n) is 1.41. The van der Waals surface area contributed by atoms with Gasteiger partial charge < -0.3 is 10.1 Å². The number of hydrogen-bond donors (Lipinski definition) is 1. The summed E-state index contributed by atoms with van der Waals surface area (Å²) in [6.45, 7) is 2.79. The second-order valence-corrected chi connectivity index (χ2v) is 2.38. The fourth-order valence-corrected chi connectivity index (χ4v) is 0.835. The molecule has 2 aliphatic heterocycles. The molecule has 0 spiro atoms. The summed E-state index contributed by atoms with van der Waals surface area (Å²) >= 11 is 0. The van der Waals surface area contributed by atoms with Crippen molar-refractivity contribution in [2.75, 3.05) is 19.7 Å². The summed E-state index contributed by atoms with van der Waals surface area (Å²) in [5.74, 6) is 0. The zero-order chi connectivity index (χ0) is 7.78. The summed E-state index contributed by atoms with van der Waals surface area (Å²) in [6.07, 6.45) is 8.22. The highest BCUT2D eigenvalue weighted by Gasteiger charge is 1.85. The number of ether oxygens (including phenoxy) is 1. The first-order chi connectivity index (χ1) is 5.50. The van der Waals surface area contributed by atoms with E-state index in [-0.39, 0.29) is 0 Å². The second-order valence-electron chi connectivity index (χ2n) is 2.38. The van der Waals surface area contributed by atoms with Gasteiger partial charge >= 0.3 is 0 Å². The van der Waals surface area contributed by atoms with Gasteiger partial charge in [-0.25, -0.2) is 0 Å². The molecule has 1 N–H and O–H groups in total. The molecule has 0 saturated heterocycles. The normalized spacial score (nSPS) is 19.6. The smallest absolute Gasteiger partial charge is 0.169 e. The van der Waals surface area contributed by atoms with Crippen LogP contribution >= 0.6 is 0 Å². The molecule has 0 atom stereocenters. The van der Waals surface area contributed by atoms with E-state index in [9.17, 15) is 0 Å². The summed E-state index contributed by atoms with van der Waals surface area (Å²) in [5, 5.41) is 3.10. The van der Waals surface area contributed by atoms with E-state index in [1.54, 1.807) is 0 Å². The summed E-state index contributed by atoms with van der Waals surface area (Å²) in [5.41, 5.74) is 0. The number of nitrogens with one attached hydrogen (secondary N) is 1. The Hall–Kier alpha value is -0.990. The summed E-state index contributed by atoms with van der Waals surface area (Å²) in [6, 6.07) is 0. The van der Waals surface area contributed by atoms with Crippen molar-refractivity contribution in [3.8, 4) is 0 Å². The Balaban J connectivity index is 0.000000112. The van der Waals surface area contributed by atoms with E-state index in [1.165, 1.54) is 19.2 Å². The maximum atomic E-state index is 4.65. The van der Waals surface area contributed by atoms with Crippen molar-refractivity contribution in [1.29, 1.82) is 0 Å². The second kappa shape index (κ2) is 5.77. The van der Waals surface area contributed by atoms with Crippen LogP contribution in [-0.2, 0) is 4.74 Å². The minimum absolute atomic E-state index is 0.778. The Kier molecular flexibility index (Phi) is 4.25. The van der Waals surface area contributed by atoms with Crippen LogP contribution in [-0.4, -0.2) is 26.1 Å². The Morgan fingerprint density at radius 2 is 2.45 bits per heavy atom. The first kappa shape index (κ1) is 8.11. The molecular weight excluding hydrogens is 140 g/mol. The lowest BCUT2D eigenvalue weighted by Gasteiger charge is -2.02. The molecule has 0 aliphatic carbocycles. The first-order valence-corrected chi connectivity index (χ1v) is 3.98. The fourth-order valence-electron chi connectivity index (χ4n) is 0.835. The van der Waals surface area contributed by atoms with E-state index < -0.39 is 0 Å². The zero-order valence-corrected chi connectivity index (χ0v) is 6.62. The SMILES string of the molecule is C1=CNCCC1.C1=NCCO1. The molecule has 0 saturated carbocycles. The van der Waals surface area contributed by atoms with Gasteiger partial charge in [-0.15, -0.1) is 0 Å². The largest absolute Gasteiger partial charge is 0.482 e. The van der Waals surface area contributed by atoms with Gasteiger partial charge in [0.05, 0.1) is 6.54 Å². The average Bonchev–Trinajstić information content (AvgIpc) is 2.64. The van der Waals surface area contributed by atoms with Gasteiger partial charge in [0.2, 0.25) is 0 Å². The van der Waals surface area contributed by atoms with Crippen LogP contribution in [0.2, 0.25) is 0 Å². The number of rotatable bonds is 0. The molecule has 0 amide bonds. The predicted octanol–water partition coefficient (Wildman–Crippen LogP) is 0.928. The van der Waals surface area contributed by atoms with Gasteiger partial charge in [-0.1, -0.05) is 6.08 Å². The monoisotopic (exact) mass is 154 g/mol. The Bertz CT molecular complexity index is 129. The molecule has 0 bridgehead atoms. The third-order valence-corrected chi connectivity index (χ3v) is 1.41. The Morgan fingerprint density at radius 3 is 2.64 bits per heavy atom. The molecule has 0 radical (unpaired) electrons. The van der Waals surface area contributed by atoms with Crippen molar-refractivity contribution in [2.24, 2.45) is 4.99 Å². The maximum Gasteiger partial charge on any atom is 0.169 e. The molecule has 11 heavy (non-hydrogen) atoms. The van der Waals surface area contributed by atoms with Crippen molar-refractivity contribution in [2.45, 2.75) is 12.8 Å². The minimum Gasteiger partial charge on any atom is -0.482 e. The van der Waals surface area contributed by atoms with Gasteiger partial charge in [0.1, 0.15) is 6.61 Å². The van der Waals surface area contributed by atoms with E-state index in [2.05, 4.69) is 21.1 Å². The Labute approximate surface area is 67.2 Å². The highest BCUT2D eigenvalue weighted by molar-refractivity contribution is 5.47. The number of aliphatic imine (C=N–C) groups is 1. The van der Waals surface area contributed by atoms with Crippen LogP contribution in [0.15, 0.2) is 17.3 Å². The molecule has 3 heteroatoms. The highest BCUT2D eigenvalue weighted by Crippen LogP contribution is 1.91. The predicted molar refractivity (Wildman–Crippen MR) is 45.7 cm³/mol. The van der Waals surface area contributed by atoms with Gasteiger partial charge in [-0.05, 0) is 19.0 Å². The number of allylic oxidation sites excluding steroid dienone is 1. The molecule has 0 fully saturated rings. The highest BCUT2D eigenvalue weighted by atomic mass is 16.5. The zero-order valence-electron chi connectivity index (χ0n) is 6.62. The van der Waals surface area contributed by atoms with Crippen LogP contribution < -0.4 is 5.32 Å². The molecular formula is C8H14N2O. The van der Waals surface area contributed by atoms with Gasteiger partial charge in [-0.2, -0.15) is 0 Å². The quantitative estimate of drug-likeness (QED) is 0.563. The standard InChI is InChI=1S/C5H9N.C3H5NO/c1-2-4-6-5-3-1;1-2-5-3-4-1/h2,4,6H,1,3,5H2;3H,1-2H2. The van der Waals surface area contributed by atoms with Gasteiger partial charge in [0.15, 0.2) is 6.40 Å². The lowest BCUT2D eigenvalue weighted by molar-refractivity contribution is 0.361. The lowest BCUT2D eigenvalue weighted by Crippen LogP contribution is -2.09. The van der Waals surface area contributed by atoms with Crippen LogP contribution in [0.4, 0.5) is 0 Å². The molecule has 62 valence electrons. The van der Waals surface area contributed by atoms with Crippen molar-refractivity contribution in [3.05, 3.63) is 12.3 Å². The van der Waals surface area contributed by atoms with Crippen molar-refractivity contribution < 1.29 is 4.74 Å². The van der Waals surface area contributed by atoms with Gasteiger partial charge in [0, 0.05) is 6.54 Å². The molecule has 0 aromatic carbocycles. The third kappa shape index (κ3) is 4.42. The number of hydrogen-bond acceptors (Lipinski definition) is 3. The van der Waals surface area contributed by atoms with Crippen molar-refractivity contribution >= 4 is 6.40 Å².